The Labute approximate surface area is 172 Å². The minimum Gasteiger partial charge on any atom is -0.383 e. The first-order chi connectivity index (χ1) is 13.8. The molecule has 0 aliphatic carbocycles. The molecule has 0 atom stereocenters. The topological polar surface area (TPSA) is 79.0 Å². The molecule has 0 aliphatic rings. The van der Waals surface area contributed by atoms with Crippen molar-refractivity contribution >= 4 is 17.5 Å². The fraction of sp³-hybridized carbons (Fsp3) is 0.409. The van der Waals surface area contributed by atoms with E-state index in [2.05, 4.69) is 59.4 Å². The Hall–Kier alpha value is -2.93. The summed E-state index contributed by atoms with van der Waals surface area (Å²) >= 11 is 0. The van der Waals surface area contributed by atoms with Gasteiger partial charge in [0, 0.05) is 44.1 Å². The number of hydrogen-bond donors (Lipinski definition) is 2. The number of nitrogens with zero attached hydrogens (tertiary/aromatic N) is 4. The molecule has 0 bridgehead atoms. The van der Waals surface area contributed by atoms with Crippen LogP contribution in [-0.2, 0) is 10.2 Å². The number of hydrogen-bond acceptors (Lipinski definition) is 6. The van der Waals surface area contributed by atoms with Gasteiger partial charge >= 0.3 is 0 Å². The molecule has 3 rings (SSSR count). The van der Waals surface area contributed by atoms with Crippen LogP contribution >= 0.6 is 0 Å². The minimum atomic E-state index is 0.0521. The van der Waals surface area contributed by atoms with Crippen LogP contribution in [0.3, 0.4) is 0 Å². The van der Waals surface area contributed by atoms with Crippen LogP contribution in [0, 0.1) is 6.92 Å². The largest absolute Gasteiger partial charge is 0.383 e. The quantitative estimate of drug-likeness (QED) is 0.622. The highest BCUT2D eigenvalue weighted by Gasteiger charge is 2.16. The van der Waals surface area contributed by atoms with Crippen molar-refractivity contribution < 1.29 is 4.74 Å². The van der Waals surface area contributed by atoms with Gasteiger partial charge in [-0.05, 0) is 24.0 Å². The molecule has 0 aliphatic heterocycles. The fourth-order valence-corrected chi connectivity index (χ4v) is 2.90. The van der Waals surface area contributed by atoms with Gasteiger partial charge in [-0.25, -0.2) is 9.97 Å². The Balaban J connectivity index is 2.02. The molecule has 2 heterocycles. The zero-order valence-electron chi connectivity index (χ0n) is 18.1. The number of H-pyrrole nitrogens is 1. The van der Waals surface area contributed by atoms with Crippen molar-refractivity contribution in [3.05, 3.63) is 47.7 Å². The lowest BCUT2D eigenvalue weighted by atomic mass is 9.86. The monoisotopic (exact) mass is 394 g/mol. The number of nitrogens with one attached hydrogen (secondary N) is 2. The van der Waals surface area contributed by atoms with E-state index in [1.807, 2.05) is 32.2 Å². The number of anilines is 3. The number of rotatable bonds is 7. The SMILES string of the molecule is COCCN(C)c1cc(Nc2cc(C)[nH]n2)nc(-c2cccc(C(C)(C)C)c2)n1. The van der Waals surface area contributed by atoms with Crippen LogP contribution in [-0.4, -0.2) is 47.5 Å². The molecule has 29 heavy (non-hydrogen) atoms. The summed E-state index contributed by atoms with van der Waals surface area (Å²) < 4.78 is 5.22. The van der Waals surface area contributed by atoms with E-state index in [4.69, 9.17) is 14.7 Å². The van der Waals surface area contributed by atoms with E-state index in [0.717, 1.165) is 29.4 Å². The predicted molar refractivity (Wildman–Crippen MR) is 118 cm³/mol. The number of aromatic nitrogens is 4. The van der Waals surface area contributed by atoms with Gasteiger partial charge in [0.25, 0.3) is 0 Å². The second kappa shape index (κ2) is 8.61. The summed E-state index contributed by atoms with van der Waals surface area (Å²) in [4.78, 5) is 11.6. The third-order valence-electron chi connectivity index (χ3n) is 4.68. The number of benzene rings is 1. The van der Waals surface area contributed by atoms with Gasteiger partial charge < -0.3 is 15.0 Å². The maximum atomic E-state index is 5.22. The van der Waals surface area contributed by atoms with Gasteiger partial charge in [0.1, 0.15) is 11.6 Å². The van der Waals surface area contributed by atoms with Crippen LogP contribution in [0.2, 0.25) is 0 Å². The number of methoxy groups -OCH3 is 1. The second-order valence-corrected chi connectivity index (χ2v) is 8.24. The summed E-state index contributed by atoms with van der Waals surface area (Å²) in [6, 6.07) is 12.3. The Kier molecular flexibility index (Phi) is 6.17. The highest BCUT2D eigenvalue weighted by molar-refractivity contribution is 5.65. The fourth-order valence-electron chi connectivity index (χ4n) is 2.90. The van der Waals surface area contributed by atoms with Gasteiger partial charge in [0.15, 0.2) is 11.6 Å². The predicted octanol–water partition coefficient (Wildman–Crippen LogP) is 4.30. The van der Waals surface area contributed by atoms with Crippen LogP contribution in [0.25, 0.3) is 11.4 Å². The number of ether oxygens (including phenoxy) is 1. The van der Waals surface area contributed by atoms with E-state index in [1.165, 1.54) is 5.56 Å². The molecule has 154 valence electrons. The summed E-state index contributed by atoms with van der Waals surface area (Å²) in [6.45, 7) is 9.93. The van der Waals surface area contributed by atoms with Crippen LogP contribution < -0.4 is 10.2 Å². The lowest BCUT2D eigenvalue weighted by Gasteiger charge is -2.21. The molecule has 2 N–H and O–H groups in total. The normalized spacial score (nSPS) is 11.5. The van der Waals surface area contributed by atoms with Crippen molar-refractivity contribution in [1.82, 2.24) is 20.2 Å². The lowest BCUT2D eigenvalue weighted by molar-refractivity contribution is 0.206. The number of likely N-dealkylation sites (N-methyl/N-ethyl adjacent to an activating group) is 1. The number of aromatic amines is 1. The molecule has 0 saturated heterocycles. The highest BCUT2D eigenvalue weighted by atomic mass is 16.5. The highest BCUT2D eigenvalue weighted by Crippen LogP contribution is 2.28. The molecule has 0 amide bonds. The van der Waals surface area contributed by atoms with Crippen molar-refractivity contribution in [2.75, 3.05) is 37.5 Å². The van der Waals surface area contributed by atoms with Crippen molar-refractivity contribution in [3.8, 4) is 11.4 Å². The minimum absolute atomic E-state index is 0.0521. The number of aryl methyl sites for hydroxylation is 1. The van der Waals surface area contributed by atoms with E-state index in [9.17, 15) is 0 Å². The van der Waals surface area contributed by atoms with Crippen molar-refractivity contribution in [2.24, 2.45) is 0 Å². The first kappa shape index (κ1) is 20.8. The molecule has 3 aromatic rings. The van der Waals surface area contributed by atoms with Gasteiger partial charge in [-0.3, -0.25) is 5.10 Å². The Morgan fingerprint density at radius 1 is 1.10 bits per heavy atom. The zero-order valence-corrected chi connectivity index (χ0v) is 18.1. The average Bonchev–Trinajstić information content (AvgIpc) is 3.09. The van der Waals surface area contributed by atoms with E-state index in [1.54, 1.807) is 7.11 Å². The molecule has 0 unspecified atom stereocenters. The van der Waals surface area contributed by atoms with Gasteiger partial charge in [-0.1, -0.05) is 39.0 Å². The molecule has 0 saturated carbocycles. The van der Waals surface area contributed by atoms with Crippen LogP contribution in [0.1, 0.15) is 32.0 Å². The Morgan fingerprint density at radius 3 is 2.55 bits per heavy atom. The van der Waals surface area contributed by atoms with E-state index in [-0.39, 0.29) is 5.41 Å². The molecule has 0 radical (unpaired) electrons. The van der Waals surface area contributed by atoms with Crippen molar-refractivity contribution in [3.63, 3.8) is 0 Å². The Bertz CT molecular complexity index is 960. The van der Waals surface area contributed by atoms with Gasteiger partial charge in [0.05, 0.1) is 6.61 Å². The molecule has 0 spiro atoms. The van der Waals surface area contributed by atoms with Crippen LogP contribution in [0.4, 0.5) is 17.5 Å². The maximum absolute atomic E-state index is 5.22. The zero-order chi connectivity index (χ0) is 21.0. The Morgan fingerprint density at radius 2 is 1.90 bits per heavy atom. The molecular weight excluding hydrogens is 364 g/mol. The van der Waals surface area contributed by atoms with Crippen molar-refractivity contribution in [2.45, 2.75) is 33.1 Å². The summed E-state index contributed by atoms with van der Waals surface area (Å²) in [5, 5.41) is 10.5. The molecule has 7 nitrogen and oxygen atoms in total. The molecule has 2 aromatic heterocycles. The smallest absolute Gasteiger partial charge is 0.163 e. The molecule has 7 heteroatoms. The van der Waals surface area contributed by atoms with Crippen molar-refractivity contribution in [1.29, 1.82) is 0 Å². The lowest BCUT2D eigenvalue weighted by Crippen LogP contribution is -2.23. The second-order valence-electron chi connectivity index (χ2n) is 8.24. The van der Waals surface area contributed by atoms with Gasteiger partial charge in [-0.15, -0.1) is 0 Å². The van der Waals surface area contributed by atoms with Gasteiger partial charge in [0.2, 0.25) is 0 Å². The van der Waals surface area contributed by atoms with Crippen LogP contribution in [0.15, 0.2) is 36.4 Å². The summed E-state index contributed by atoms with van der Waals surface area (Å²) in [6.07, 6.45) is 0. The molecule has 1 aromatic carbocycles. The molecular formula is C22H30N6O. The standard InChI is InChI=1S/C22H30N6O/c1-15-12-19(27-26-15)23-18-14-20(28(5)10-11-29-6)25-21(24-18)16-8-7-9-17(13-16)22(2,3)4/h7-9,12-14H,10-11H2,1-6H3,(H2,23,24,25,26,27). The summed E-state index contributed by atoms with van der Waals surface area (Å²) in [5.74, 6) is 2.92. The van der Waals surface area contributed by atoms with E-state index >= 15 is 0 Å². The van der Waals surface area contributed by atoms with Gasteiger partial charge in [-0.2, -0.15) is 5.10 Å². The average molecular weight is 395 g/mol. The summed E-state index contributed by atoms with van der Waals surface area (Å²) in [5.41, 5.74) is 3.27. The summed E-state index contributed by atoms with van der Waals surface area (Å²) in [7, 11) is 3.70. The first-order valence-electron chi connectivity index (χ1n) is 9.75. The third-order valence-corrected chi connectivity index (χ3v) is 4.68. The van der Waals surface area contributed by atoms with E-state index < -0.39 is 0 Å². The first-order valence-corrected chi connectivity index (χ1v) is 9.75. The van der Waals surface area contributed by atoms with E-state index in [0.29, 0.717) is 18.2 Å². The molecule has 0 fully saturated rings. The maximum Gasteiger partial charge on any atom is 0.163 e. The van der Waals surface area contributed by atoms with Crippen LogP contribution in [0.5, 0.6) is 0 Å². The third kappa shape index (κ3) is 5.32.